The van der Waals surface area contributed by atoms with Crippen LogP contribution >= 0.6 is 0 Å². The number of carbonyl (C=O) groups is 1. The number of hydrogen-bond donors (Lipinski definition) is 1. The Labute approximate surface area is 104 Å². The van der Waals surface area contributed by atoms with Crippen molar-refractivity contribution in [3.63, 3.8) is 0 Å². The van der Waals surface area contributed by atoms with E-state index >= 15 is 0 Å². The highest BCUT2D eigenvalue weighted by Crippen LogP contribution is 2.19. The smallest absolute Gasteiger partial charge is 0.313 e. The molecule has 4 nitrogen and oxygen atoms in total. The van der Waals surface area contributed by atoms with Crippen LogP contribution in [0.15, 0.2) is 0 Å². The number of hydrogen-bond acceptors (Lipinski definition) is 4. The SMILES string of the molecule is COC(=O)C(C)(C)COCCC1CCCNC1. The van der Waals surface area contributed by atoms with E-state index in [4.69, 9.17) is 9.47 Å². The van der Waals surface area contributed by atoms with Gasteiger partial charge >= 0.3 is 5.97 Å². The molecule has 0 aromatic heterocycles. The van der Waals surface area contributed by atoms with E-state index in [1.807, 2.05) is 13.8 Å². The molecule has 0 aromatic carbocycles. The lowest BCUT2D eigenvalue weighted by Gasteiger charge is -2.24. The van der Waals surface area contributed by atoms with Crippen LogP contribution < -0.4 is 5.32 Å². The number of methoxy groups -OCH3 is 1. The van der Waals surface area contributed by atoms with Crippen LogP contribution in [0, 0.1) is 11.3 Å². The molecule has 0 aromatic rings. The summed E-state index contributed by atoms with van der Waals surface area (Å²) in [5.74, 6) is 0.516. The molecule has 0 radical (unpaired) electrons. The number of carbonyl (C=O) groups excluding carboxylic acids is 1. The van der Waals surface area contributed by atoms with Crippen LogP contribution in [0.1, 0.15) is 33.1 Å². The molecule has 0 aliphatic carbocycles. The fraction of sp³-hybridized carbons (Fsp3) is 0.923. The minimum atomic E-state index is -0.542. The van der Waals surface area contributed by atoms with Crippen LogP contribution in [0.3, 0.4) is 0 Å². The van der Waals surface area contributed by atoms with E-state index in [0.717, 1.165) is 32.0 Å². The molecule has 0 bridgehead atoms. The lowest BCUT2D eigenvalue weighted by Crippen LogP contribution is -2.32. The van der Waals surface area contributed by atoms with Gasteiger partial charge < -0.3 is 14.8 Å². The zero-order chi connectivity index (χ0) is 12.7. The van der Waals surface area contributed by atoms with E-state index in [1.165, 1.54) is 20.0 Å². The van der Waals surface area contributed by atoms with Gasteiger partial charge in [-0.3, -0.25) is 4.79 Å². The molecule has 1 rings (SSSR count). The quantitative estimate of drug-likeness (QED) is 0.568. The van der Waals surface area contributed by atoms with Crippen molar-refractivity contribution in [3.8, 4) is 0 Å². The van der Waals surface area contributed by atoms with E-state index in [9.17, 15) is 4.79 Å². The fourth-order valence-corrected chi connectivity index (χ4v) is 2.08. The van der Waals surface area contributed by atoms with Crippen LogP contribution in [0.5, 0.6) is 0 Å². The van der Waals surface area contributed by atoms with Gasteiger partial charge in [0.1, 0.15) is 0 Å². The molecular formula is C13H25NO3. The lowest BCUT2D eigenvalue weighted by atomic mass is 9.95. The topological polar surface area (TPSA) is 47.6 Å². The first-order valence-electron chi connectivity index (χ1n) is 6.43. The molecule has 0 saturated carbocycles. The minimum Gasteiger partial charge on any atom is -0.469 e. The zero-order valence-electron chi connectivity index (χ0n) is 11.3. The Morgan fingerprint density at radius 1 is 1.47 bits per heavy atom. The van der Waals surface area contributed by atoms with Gasteiger partial charge in [-0.2, -0.15) is 0 Å². The molecule has 1 N–H and O–H groups in total. The van der Waals surface area contributed by atoms with Gasteiger partial charge in [0.05, 0.1) is 19.1 Å². The summed E-state index contributed by atoms with van der Waals surface area (Å²) in [4.78, 5) is 11.4. The molecule has 1 heterocycles. The summed E-state index contributed by atoms with van der Waals surface area (Å²) in [7, 11) is 1.41. The summed E-state index contributed by atoms with van der Waals surface area (Å²) >= 11 is 0. The van der Waals surface area contributed by atoms with E-state index < -0.39 is 5.41 Å². The molecule has 17 heavy (non-hydrogen) atoms. The van der Waals surface area contributed by atoms with Gasteiger partial charge in [0.15, 0.2) is 0 Å². The molecule has 1 unspecified atom stereocenters. The summed E-state index contributed by atoms with van der Waals surface area (Å²) in [6.45, 7) is 7.10. The van der Waals surface area contributed by atoms with Gasteiger partial charge in [-0.15, -0.1) is 0 Å². The molecule has 1 aliphatic rings. The van der Waals surface area contributed by atoms with Crippen molar-refractivity contribution in [2.75, 3.05) is 33.4 Å². The Morgan fingerprint density at radius 2 is 2.24 bits per heavy atom. The third-order valence-corrected chi connectivity index (χ3v) is 3.27. The standard InChI is InChI=1S/C13H25NO3/c1-13(2,12(15)16-3)10-17-8-6-11-5-4-7-14-9-11/h11,14H,4-10H2,1-3H3. The summed E-state index contributed by atoms with van der Waals surface area (Å²) in [6.07, 6.45) is 3.62. The summed E-state index contributed by atoms with van der Waals surface area (Å²) < 4.78 is 10.3. The first kappa shape index (κ1) is 14.5. The van der Waals surface area contributed by atoms with E-state index in [2.05, 4.69) is 5.32 Å². The third-order valence-electron chi connectivity index (χ3n) is 3.27. The third kappa shape index (κ3) is 5.04. The van der Waals surface area contributed by atoms with Crippen molar-refractivity contribution in [1.29, 1.82) is 0 Å². The highest BCUT2D eigenvalue weighted by Gasteiger charge is 2.29. The Bertz CT molecular complexity index is 235. The van der Waals surface area contributed by atoms with Crippen LogP contribution in [0.25, 0.3) is 0 Å². The molecule has 1 saturated heterocycles. The van der Waals surface area contributed by atoms with Crippen molar-refractivity contribution in [3.05, 3.63) is 0 Å². The fourth-order valence-electron chi connectivity index (χ4n) is 2.08. The number of rotatable bonds is 6. The molecule has 1 atom stereocenters. The van der Waals surface area contributed by atoms with Gasteiger partial charge in [-0.05, 0) is 52.1 Å². The predicted octanol–water partition coefficient (Wildman–Crippen LogP) is 1.59. The average Bonchev–Trinajstić information content (AvgIpc) is 2.35. The maximum Gasteiger partial charge on any atom is 0.313 e. The summed E-state index contributed by atoms with van der Waals surface area (Å²) in [5.41, 5.74) is -0.542. The average molecular weight is 243 g/mol. The first-order chi connectivity index (χ1) is 8.06. The molecule has 1 aliphatic heterocycles. The van der Waals surface area contributed by atoms with Crippen LogP contribution in [-0.4, -0.2) is 39.4 Å². The Balaban J connectivity index is 2.12. The number of nitrogens with one attached hydrogen (secondary N) is 1. The van der Waals surface area contributed by atoms with E-state index in [0.29, 0.717) is 6.61 Å². The molecule has 0 spiro atoms. The lowest BCUT2D eigenvalue weighted by molar-refractivity contribution is -0.154. The molecule has 100 valence electrons. The molecule has 4 heteroatoms. The van der Waals surface area contributed by atoms with Crippen LogP contribution in [-0.2, 0) is 14.3 Å². The first-order valence-corrected chi connectivity index (χ1v) is 6.43. The van der Waals surface area contributed by atoms with Crippen molar-refractivity contribution >= 4 is 5.97 Å². The van der Waals surface area contributed by atoms with Crippen molar-refractivity contribution in [1.82, 2.24) is 5.32 Å². The van der Waals surface area contributed by atoms with Crippen molar-refractivity contribution < 1.29 is 14.3 Å². The van der Waals surface area contributed by atoms with Gasteiger partial charge in [0, 0.05) is 6.61 Å². The van der Waals surface area contributed by atoms with Gasteiger partial charge in [0.2, 0.25) is 0 Å². The second-order valence-corrected chi connectivity index (χ2v) is 5.43. The van der Waals surface area contributed by atoms with Crippen LogP contribution in [0.2, 0.25) is 0 Å². The van der Waals surface area contributed by atoms with Crippen molar-refractivity contribution in [2.45, 2.75) is 33.1 Å². The van der Waals surface area contributed by atoms with Crippen LogP contribution in [0.4, 0.5) is 0 Å². The number of piperidine rings is 1. The Kier molecular flexibility index (Phi) is 5.92. The minimum absolute atomic E-state index is 0.211. The van der Waals surface area contributed by atoms with Crippen molar-refractivity contribution in [2.24, 2.45) is 11.3 Å². The second kappa shape index (κ2) is 6.97. The monoisotopic (exact) mass is 243 g/mol. The predicted molar refractivity (Wildman–Crippen MR) is 66.8 cm³/mol. The van der Waals surface area contributed by atoms with Gasteiger partial charge in [0.25, 0.3) is 0 Å². The summed E-state index contributed by atoms with van der Waals surface area (Å²) in [6, 6.07) is 0. The zero-order valence-corrected chi connectivity index (χ0v) is 11.3. The van der Waals surface area contributed by atoms with Gasteiger partial charge in [-0.25, -0.2) is 0 Å². The Hall–Kier alpha value is -0.610. The maximum atomic E-state index is 11.4. The number of esters is 1. The molecule has 0 amide bonds. The van der Waals surface area contributed by atoms with E-state index in [1.54, 1.807) is 0 Å². The highest BCUT2D eigenvalue weighted by atomic mass is 16.5. The highest BCUT2D eigenvalue weighted by molar-refractivity contribution is 5.75. The largest absolute Gasteiger partial charge is 0.469 e. The molecule has 1 fully saturated rings. The molecular weight excluding hydrogens is 218 g/mol. The number of ether oxygens (including phenoxy) is 2. The second-order valence-electron chi connectivity index (χ2n) is 5.43. The maximum absolute atomic E-state index is 11.4. The normalized spacial score (nSPS) is 21.2. The van der Waals surface area contributed by atoms with Gasteiger partial charge in [-0.1, -0.05) is 0 Å². The summed E-state index contributed by atoms with van der Waals surface area (Å²) in [5, 5.41) is 3.39. The van der Waals surface area contributed by atoms with E-state index in [-0.39, 0.29) is 5.97 Å². The Morgan fingerprint density at radius 3 is 2.82 bits per heavy atom.